The number of ketones is 1. The molecule has 0 radical (unpaired) electrons. The Morgan fingerprint density at radius 3 is 2.62 bits per heavy atom. The molecule has 2 nitrogen and oxygen atoms in total. The van der Waals surface area contributed by atoms with Crippen LogP contribution in [-0.2, 0) is 6.42 Å². The van der Waals surface area contributed by atoms with Gasteiger partial charge in [0.1, 0.15) is 0 Å². The van der Waals surface area contributed by atoms with E-state index in [0.717, 1.165) is 18.5 Å². The van der Waals surface area contributed by atoms with Gasteiger partial charge in [0, 0.05) is 30.3 Å². The summed E-state index contributed by atoms with van der Waals surface area (Å²) in [6, 6.07) is 16.9. The second kappa shape index (κ2) is 5.72. The molecule has 1 aliphatic rings. The van der Waals surface area contributed by atoms with Gasteiger partial charge in [-0.05, 0) is 31.9 Å². The zero-order chi connectivity index (χ0) is 14.8. The van der Waals surface area contributed by atoms with Gasteiger partial charge in [0.2, 0.25) is 0 Å². The number of anilines is 1. The van der Waals surface area contributed by atoms with E-state index in [1.165, 1.54) is 16.8 Å². The third-order valence-corrected chi connectivity index (χ3v) is 4.30. The maximum atomic E-state index is 12.3. The SMILES string of the molecule is Cc1ccc(C(=O)CCN2c3ccccc3CC2C)cc1. The number of carbonyl (C=O) groups is 1. The highest BCUT2D eigenvalue weighted by molar-refractivity contribution is 5.96. The summed E-state index contributed by atoms with van der Waals surface area (Å²) in [6.07, 6.45) is 1.65. The smallest absolute Gasteiger partial charge is 0.164 e. The van der Waals surface area contributed by atoms with Crippen LogP contribution < -0.4 is 4.90 Å². The predicted octanol–water partition coefficient (Wildman–Crippen LogP) is 4.02. The zero-order valence-corrected chi connectivity index (χ0v) is 12.7. The first-order valence-electron chi connectivity index (χ1n) is 7.59. The summed E-state index contributed by atoms with van der Waals surface area (Å²) in [7, 11) is 0. The Balaban J connectivity index is 1.68. The molecule has 0 saturated carbocycles. The van der Waals surface area contributed by atoms with Crippen LogP contribution in [0.1, 0.15) is 34.8 Å². The number of rotatable bonds is 4. The Morgan fingerprint density at radius 1 is 1.14 bits per heavy atom. The van der Waals surface area contributed by atoms with Crippen LogP contribution >= 0.6 is 0 Å². The van der Waals surface area contributed by atoms with Crippen LogP contribution in [0.4, 0.5) is 5.69 Å². The monoisotopic (exact) mass is 279 g/mol. The van der Waals surface area contributed by atoms with Crippen LogP contribution in [0.3, 0.4) is 0 Å². The first kappa shape index (κ1) is 13.9. The fraction of sp³-hybridized carbons (Fsp3) is 0.316. The maximum absolute atomic E-state index is 12.3. The van der Waals surface area contributed by atoms with Gasteiger partial charge in [-0.15, -0.1) is 0 Å². The van der Waals surface area contributed by atoms with Crippen molar-refractivity contribution in [3.63, 3.8) is 0 Å². The molecule has 0 bridgehead atoms. The molecule has 1 unspecified atom stereocenters. The predicted molar refractivity (Wildman–Crippen MR) is 87.1 cm³/mol. The number of nitrogens with zero attached hydrogens (tertiary/aromatic N) is 1. The van der Waals surface area contributed by atoms with Crippen molar-refractivity contribution in [2.45, 2.75) is 32.7 Å². The van der Waals surface area contributed by atoms with Crippen LogP contribution in [0.25, 0.3) is 0 Å². The van der Waals surface area contributed by atoms with E-state index in [0.29, 0.717) is 12.5 Å². The molecule has 21 heavy (non-hydrogen) atoms. The Kier molecular flexibility index (Phi) is 3.78. The minimum atomic E-state index is 0.228. The van der Waals surface area contributed by atoms with E-state index in [1.807, 2.05) is 31.2 Å². The van der Waals surface area contributed by atoms with Gasteiger partial charge in [-0.25, -0.2) is 0 Å². The molecule has 0 N–H and O–H groups in total. The van der Waals surface area contributed by atoms with Crippen LogP contribution in [-0.4, -0.2) is 18.4 Å². The Hall–Kier alpha value is -2.09. The van der Waals surface area contributed by atoms with Gasteiger partial charge in [0.05, 0.1) is 0 Å². The van der Waals surface area contributed by atoms with E-state index in [-0.39, 0.29) is 5.78 Å². The number of carbonyl (C=O) groups excluding carboxylic acids is 1. The van der Waals surface area contributed by atoms with Crippen molar-refractivity contribution in [1.82, 2.24) is 0 Å². The number of fused-ring (bicyclic) bond motifs is 1. The third-order valence-electron chi connectivity index (χ3n) is 4.30. The van der Waals surface area contributed by atoms with E-state index >= 15 is 0 Å². The molecule has 1 heterocycles. The van der Waals surface area contributed by atoms with Gasteiger partial charge >= 0.3 is 0 Å². The van der Waals surface area contributed by atoms with Crippen molar-refractivity contribution in [3.8, 4) is 0 Å². The number of hydrogen-bond donors (Lipinski definition) is 0. The van der Waals surface area contributed by atoms with Gasteiger partial charge in [-0.3, -0.25) is 4.79 Å². The standard InChI is InChI=1S/C19H21NO/c1-14-7-9-16(10-8-14)19(21)11-12-20-15(2)13-17-5-3-4-6-18(17)20/h3-10,15H,11-13H2,1-2H3. The van der Waals surface area contributed by atoms with Gasteiger partial charge in [0.15, 0.2) is 5.78 Å². The van der Waals surface area contributed by atoms with Gasteiger partial charge in [-0.1, -0.05) is 48.0 Å². The van der Waals surface area contributed by atoms with Crippen LogP contribution in [0, 0.1) is 6.92 Å². The lowest BCUT2D eigenvalue weighted by molar-refractivity contribution is 0.0984. The summed E-state index contributed by atoms with van der Waals surface area (Å²) in [5, 5.41) is 0. The van der Waals surface area contributed by atoms with Crippen molar-refractivity contribution in [1.29, 1.82) is 0 Å². The van der Waals surface area contributed by atoms with Crippen molar-refractivity contribution in [2.75, 3.05) is 11.4 Å². The molecule has 2 aromatic carbocycles. The molecule has 1 atom stereocenters. The fourth-order valence-corrected chi connectivity index (χ4v) is 3.08. The maximum Gasteiger partial charge on any atom is 0.164 e. The summed E-state index contributed by atoms with van der Waals surface area (Å²) < 4.78 is 0. The van der Waals surface area contributed by atoms with Crippen molar-refractivity contribution >= 4 is 11.5 Å². The highest BCUT2D eigenvalue weighted by Gasteiger charge is 2.25. The van der Waals surface area contributed by atoms with Crippen molar-refractivity contribution in [2.24, 2.45) is 0 Å². The Morgan fingerprint density at radius 2 is 1.86 bits per heavy atom. The molecule has 0 aliphatic carbocycles. The molecule has 0 amide bonds. The lowest BCUT2D eigenvalue weighted by Crippen LogP contribution is -2.31. The number of benzene rings is 2. The van der Waals surface area contributed by atoms with E-state index in [1.54, 1.807) is 0 Å². The third kappa shape index (κ3) is 2.85. The minimum Gasteiger partial charge on any atom is -0.368 e. The quantitative estimate of drug-likeness (QED) is 0.788. The molecule has 3 rings (SSSR count). The lowest BCUT2D eigenvalue weighted by atomic mass is 10.1. The minimum absolute atomic E-state index is 0.228. The first-order chi connectivity index (χ1) is 10.1. The topological polar surface area (TPSA) is 20.3 Å². The van der Waals surface area contributed by atoms with Gasteiger partial charge in [-0.2, -0.15) is 0 Å². The summed E-state index contributed by atoms with van der Waals surface area (Å²) in [4.78, 5) is 14.7. The zero-order valence-electron chi connectivity index (χ0n) is 12.7. The van der Waals surface area contributed by atoms with Crippen LogP contribution in [0.15, 0.2) is 48.5 Å². The molecule has 2 aromatic rings. The summed E-state index contributed by atoms with van der Waals surface area (Å²) in [5.74, 6) is 0.228. The average Bonchev–Trinajstić information content (AvgIpc) is 2.81. The summed E-state index contributed by atoms with van der Waals surface area (Å²) in [6.45, 7) is 5.07. The summed E-state index contributed by atoms with van der Waals surface area (Å²) in [5.41, 5.74) is 4.70. The van der Waals surface area contributed by atoms with E-state index in [2.05, 4.69) is 36.1 Å². The Bertz CT molecular complexity index is 645. The summed E-state index contributed by atoms with van der Waals surface area (Å²) >= 11 is 0. The van der Waals surface area contributed by atoms with E-state index in [9.17, 15) is 4.79 Å². The van der Waals surface area contributed by atoms with Crippen molar-refractivity contribution in [3.05, 3.63) is 65.2 Å². The van der Waals surface area contributed by atoms with Gasteiger partial charge in [0.25, 0.3) is 0 Å². The van der Waals surface area contributed by atoms with E-state index < -0.39 is 0 Å². The second-order valence-electron chi connectivity index (χ2n) is 5.91. The van der Waals surface area contributed by atoms with Crippen LogP contribution in [0.2, 0.25) is 0 Å². The molecule has 108 valence electrons. The number of aryl methyl sites for hydroxylation is 1. The Labute approximate surface area is 126 Å². The first-order valence-corrected chi connectivity index (χ1v) is 7.59. The highest BCUT2D eigenvalue weighted by atomic mass is 16.1. The second-order valence-corrected chi connectivity index (χ2v) is 5.91. The van der Waals surface area contributed by atoms with Crippen LogP contribution in [0.5, 0.6) is 0 Å². The number of Topliss-reactive ketones (excluding diaryl/α,β-unsaturated/α-hetero) is 1. The molecule has 0 aromatic heterocycles. The van der Waals surface area contributed by atoms with Gasteiger partial charge < -0.3 is 4.90 Å². The van der Waals surface area contributed by atoms with Crippen molar-refractivity contribution < 1.29 is 4.79 Å². The fourth-order valence-electron chi connectivity index (χ4n) is 3.08. The molecule has 0 spiro atoms. The normalized spacial score (nSPS) is 16.9. The molecular formula is C19H21NO. The molecule has 0 saturated heterocycles. The lowest BCUT2D eigenvalue weighted by Gasteiger charge is -2.24. The largest absolute Gasteiger partial charge is 0.368 e. The molecular weight excluding hydrogens is 258 g/mol. The average molecular weight is 279 g/mol. The molecule has 2 heteroatoms. The van der Waals surface area contributed by atoms with E-state index in [4.69, 9.17) is 0 Å². The highest BCUT2D eigenvalue weighted by Crippen LogP contribution is 2.31. The molecule has 1 aliphatic heterocycles. The molecule has 0 fully saturated rings. The number of para-hydroxylation sites is 1. The number of hydrogen-bond acceptors (Lipinski definition) is 2.